The molecular formula is C15H22N2O. The van der Waals surface area contributed by atoms with Gasteiger partial charge in [-0.1, -0.05) is 13.3 Å². The van der Waals surface area contributed by atoms with Gasteiger partial charge in [-0.05, 0) is 55.8 Å². The van der Waals surface area contributed by atoms with Crippen LogP contribution < -0.4 is 5.32 Å². The fraction of sp³-hybridized carbons (Fsp3) is 0.867. The largest absolute Gasteiger partial charge is 0.354 e. The maximum Gasteiger partial charge on any atom is 0.240 e. The molecule has 1 N–H and O–H groups in total. The predicted molar refractivity (Wildman–Crippen MR) is 68.4 cm³/mol. The number of hydrogen-bond donors (Lipinski definition) is 1. The second-order valence-corrected chi connectivity index (χ2v) is 6.85. The van der Waals surface area contributed by atoms with Crippen molar-refractivity contribution in [3.63, 3.8) is 0 Å². The molecule has 3 heteroatoms. The lowest BCUT2D eigenvalue weighted by molar-refractivity contribution is -0.134. The minimum absolute atomic E-state index is 0.00845. The zero-order chi connectivity index (χ0) is 12.8. The molecule has 0 aromatic heterocycles. The number of fused-ring (bicyclic) bond motifs is 2. The Hall–Kier alpha value is -1.04. The predicted octanol–water partition coefficient (Wildman–Crippen LogP) is 2.48. The average Bonchev–Trinajstić information content (AvgIpc) is 2.93. The summed E-state index contributed by atoms with van der Waals surface area (Å²) in [6, 6.07) is 2.24. The molecule has 3 unspecified atom stereocenters. The van der Waals surface area contributed by atoms with Crippen LogP contribution in [0.4, 0.5) is 0 Å². The summed E-state index contributed by atoms with van der Waals surface area (Å²) in [5.74, 6) is 2.96. The standard InChI is InChI=1S/C15H22N2O/c1-10-6-15(7-10,9-16)14(18)17-8-13-5-11-2-3-12(13)4-11/h10-13H,2-8H2,1H3,(H,17,18). The van der Waals surface area contributed by atoms with E-state index in [1.165, 1.54) is 25.7 Å². The van der Waals surface area contributed by atoms with Gasteiger partial charge in [-0.2, -0.15) is 5.26 Å². The molecule has 3 aliphatic rings. The first-order valence-electron chi connectivity index (χ1n) is 7.32. The lowest BCUT2D eigenvalue weighted by Gasteiger charge is -2.39. The van der Waals surface area contributed by atoms with Crippen molar-refractivity contribution in [2.45, 2.75) is 45.4 Å². The Balaban J connectivity index is 1.52. The number of amides is 1. The highest BCUT2D eigenvalue weighted by Gasteiger charge is 2.49. The van der Waals surface area contributed by atoms with Crippen molar-refractivity contribution in [2.75, 3.05) is 6.54 Å². The number of carbonyl (C=O) groups is 1. The first kappa shape index (κ1) is 12.0. The van der Waals surface area contributed by atoms with Crippen molar-refractivity contribution in [1.82, 2.24) is 5.32 Å². The summed E-state index contributed by atoms with van der Waals surface area (Å²) in [4.78, 5) is 12.2. The molecule has 0 radical (unpaired) electrons. The number of nitriles is 1. The smallest absolute Gasteiger partial charge is 0.240 e. The Bertz CT molecular complexity index is 392. The summed E-state index contributed by atoms with van der Waals surface area (Å²) in [6.45, 7) is 2.91. The van der Waals surface area contributed by atoms with Gasteiger partial charge in [0, 0.05) is 6.54 Å². The number of rotatable bonds is 3. The Morgan fingerprint density at radius 3 is 2.67 bits per heavy atom. The summed E-state index contributed by atoms with van der Waals surface area (Å²) < 4.78 is 0. The van der Waals surface area contributed by atoms with Gasteiger partial charge in [0.15, 0.2) is 0 Å². The number of nitrogens with zero attached hydrogens (tertiary/aromatic N) is 1. The van der Waals surface area contributed by atoms with Crippen LogP contribution in [0.2, 0.25) is 0 Å². The molecule has 98 valence electrons. The van der Waals surface area contributed by atoms with E-state index in [4.69, 9.17) is 0 Å². The van der Waals surface area contributed by atoms with Crippen LogP contribution in [-0.4, -0.2) is 12.5 Å². The minimum atomic E-state index is -0.697. The molecule has 2 bridgehead atoms. The van der Waals surface area contributed by atoms with E-state index < -0.39 is 5.41 Å². The lowest BCUT2D eigenvalue weighted by atomic mass is 9.63. The monoisotopic (exact) mass is 246 g/mol. The van der Waals surface area contributed by atoms with Crippen molar-refractivity contribution in [2.24, 2.45) is 29.1 Å². The van der Waals surface area contributed by atoms with Gasteiger partial charge < -0.3 is 5.32 Å². The SMILES string of the molecule is CC1CC(C#N)(C(=O)NCC2CC3CCC2C3)C1. The van der Waals surface area contributed by atoms with E-state index in [1.54, 1.807) is 0 Å². The molecule has 3 aliphatic carbocycles. The number of hydrogen-bond acceptors (Lipinski definition) is 2. The molecule has 0 saturated heterocycles. The van der Waals surface area contributed by atoms with Gasteiger partial charge in [0.05, 0.1) is 6.07 Å². The maximum atomic E-state index is 12.2. The summed E-state index contributed by atoms with van der Waals surface area (Å²) >= 11 is 0. The van der Waals surface area contributed by atoms with Crippen LogP contribution >= 0.6 is 0 Å². The molecule has 1 amide bonds. The zero-order valence-electron chi connectivity index (χ0n) is 11.1. The first-order valence-corrected chi connectivity index (χ1v) is 7.32. The minimum Gasteiger partial charge on any atom is -0.354 e. The molecule has 0 heterocycles. The normalized spacial score (nSPS) is 45.3. The summed E-state index contributed by atoms with van der Waals surface area (Å²) in [5.41, 5.74) is -0.697. The van der Waals surface area contributed by atoms with E-state index in [0.29, 0.717) is 11.8 Å². The van der Waals surface area contributed by atoms with Crippen molar-refractivity contribution >= 4 is 5.91 Å². The van der Waals surface area contributed by atoms with Gasteiger partial charge in [0.25, 0.3) is 0 Å². The summed E-state index contributed by atoms with van der Waals surface area (Å²) in [6.07, 6.45) is 6.90. The summed E-state index contributed by atoms with van der Waals surface area (Å²) in [7, 11) is 0. The van der Waals surface area contributed by atoms with Crippen LogP contribution in [-0.2, 0) is 4.79 Å². The van der Waals surface area contributed by atoms with Gasteiger partial charge >= 0.3 is 0 Å². The van der Waals surface area contributed by atoms with E-state index in [2.05, 4.69) is 18.3 Å². The molecule has 0 aromatic rings. The zero-order valence-corrected chi connectivity index (χ0v) is 11.1. The topological polar surface area (TPSA) is 52.9 Å². The third kappa shape index (κ3) is 1.83. The van der Waals surface area contributed by atoms with E-state index in [-0.39, 0.29) is 5.91 Å². The summed E-state index contributed by atoms with van der Waals surface area (Å²) in [5, 5.41) is 12.3. The highest BCUT2D eigenvalue weighted by molar-refractivity contribution is 5.86. The van der Waals surface area contributed by atoms with Gasteiger partial charge in [0.2, 0.25) is 5.91 Å². The molecule has 3 fully saturated rings. The fourth-order valence-electron chi connectivity index (χ4n) is 4.48. The van der Waals surface area contributed by atoms with Crippen molar-refractivity contribution < 1.29 is 4.79 Å². The Morgan fingerprint density at radius 1 is 1.39 bits per heavy atom. The van der Waals surface area contributed by atoms with Gasteiger partial charge in [-0.25, -0.2) is 0 Å². The lowest BCUT2D eigenvalue weighted by Crippen LogP contribution is -2.49. The molecule has 3 saturated carbocycles. The van der Waals surface area contributed by atoms with Crippen LogP contribution in [0.15, 0.2) is 0 Å². The Labute approximate surface area is 109 Å². The second-order valence-electron chi connectivity index (χ2n) is 6.85. The van der Waals surface area contributed by atoms with Gasteiger partial charge in [-0.15, -0.1) is 0 Å². The molecule has 0 aromatic carbocycles. The van der Waals surface area contributed by atoms with Crippen LogP contribution in [0.1, 0.15) is 45.4 Å². The van der Waals surface area contributed by atoms with Crippen LogP contribution in [0, 0.1) is 40.4 Å². The van der Waals surface area contributed by atoms with E-state index in [0.717, 1.165) is 31.2 Å². The highest BCUT2D eigenvalue weighted by atomic mass is 16.2. The quantitative estimate of drug-likeness (QED) is 0.831. The molecule has 3 rings (SSSR count). The molecule has 3 atom stereocenters. The van der Waals surface area contributed by atoms with Crippen molar-refractivity contribution in [3.05, 3.63) is 0 Å². The average molecular weight is 246 g/mol. The maximum absolute atomic E-state index is 12.2. The van der Waals surface area contributed by atoms with E-state index in [1.807, 2.05) is 0 Å². The molecule has 18 heavy (non-hydrogen) atoms. The first-order chi connectivity index (χ1) is 8.63. The number of carbonyl (C=O) groups excluding carboxylic acids is 1. The van der Waals surface area contributed by atoms with Crippen molar-refractivity contribution in [1.29, 1.82) is 5.26 Å². The fourth-order valence-corrected chi connectivity index (χ4v) is 4.48. The van der Waals surface area contributed by atoms with Gasteiger partial charge in [0.1, 0.15) is 5.41 Å². The van der Waals surface area contributed by atoms with E-state index in [9.17, 15) is 10.1 Å². The Morgan fingerprint density at radius 2 is 2.17 bits per heavy atom. The van der Waals surface area contributed by atoms with Crippen LogP contribution in [0.25, 0.3) is 0 Å². The van der Waals surface area contributed by atoms with Crippen LogP contribution in [0.5, 0.6) is 0 Å². The molecule has 3 nitrogen and oxygen atoms in total. The molecular weight excluding hydrogens is 224 g/mol. The third-order valence-electron chi connectivity index (χ3n) is 5.45. The van der Waals surface area contributed by atoms with Crippen molar-refractivity contribution in [3.8, 4) is 6.07 Å². The van der Waals surface area contributed by atoms with Crippen LogP contribution in [0.3, 0.4) is 0 Å². The number of nitrogens with one attached hydrogen (secondary N) is 1. The second kappa shape index (κ2) is 4.26. The van der Waals surface area contributed by atoms with Gasteiger partial charge in [-0.3, -0.25) is 4.79 Å². The Kier molecular flexibility index (Phi) is 2.84. The van der Waals surface area contributed by atoms with E-state index >= 15 is 0 Å². The third-order valence-corrected chi connectivity index (χ3v) is 5.45. The molecule has 0 spiro atoms. The molecule has 0 aliphatic heterocycles. The highest BCUT2D eigenvalue weighted by Crippen LogP contribution is 2.48.